The molecule has 0 bridgehead atoms. The summed E-state index contributed by atoms with van der Waals surface area (Å²) >= 11 is 0. The summed E-state index contributed by atoms with van der Waals surface area (Å²) in [7, 11) is 0. The Bertz CT molecular complexity index is 769. The number of benzene rings is 1. The highest BCUT2D eigenvalue weighted by molar-refractivity contribution is 5.44. The highest BCUT2D eigenvalue weighted by Gasteiger charge is 2.27. The third-order valence-corrected chi connectivity index (χ3v) is 4.17. The highest BCUT2D eigenvalue weighted by Crippen LogP contribution is 2.33. The minimum atomic E-state index is -0.922. The lowest BCUT2D eigenvalue weighted by Gasteiger charge is -2.24. The summed E-state index contributed by atoms with van der Waals surface area (Å²) in [6.45, 7) is 7.25. The van der Waals surface area contributed by atoms with Gasteiger partial charge in [0.05, 0.1) is 23.0 Å². The van der Waals surface area contributed by atoms with Crippen molar-refractivity contribution in [2.45, 2.75) is 44.6 Å². The molecule has 1 heterocycles. The van der Waals surface area contributed by atoms with E-state index in [-0.39, 0.29) is 0 Å². The van der Waals surface area contributed by atoms with E-state index < -0.39 is 16.9 Å². The summed E-state index contributed by atoms with van der Waals surface area (Å²) in [6.07, 6.45) is 3.58. The predicted octanol–water partition coefficient (Wildman–Crippen LogP) is 3.16. The molecule has 122 valence electrons. The second-order valence-corrected chi connectivity index (χ2v) is 6.89. The molecule has 24 heavy (non-hydrogen) atoms. The summed E-state index contributed by atoms with van der Waals surface area (Å²) in [6, 6.07) is 10.0. The molecule has 5 heteroatoms. The summed E-state index contributed by atoms with van der Waals surface area (Å²) < 4.78 is 0. The Hall–Kier alpha value is -2.76. The van der Waals surface area contributed by atoms with Gasteiger partial charge in [0.15, 0.2) is 0 Å². The fraction of sp³-hybridized carbons (Fsp3) is 0.368. The molecule has 0 aliphatic carbocycles. The van der Waals surface area contributed by atoms with Crippen LogP contribution in [0, 0.1) is 22.7 Å². The maximum atomic E-state index is 10.7. The first-order valence-electron chi connectivity index (χ1n) is 7.62. The van der Waals surface area contributed by atoms with Crippen LogP contribution in [0.3, 0.4) is 0 Å². The van der Waals surface area contributed by atoms with Gasteiger partial charge >= 0.3 is 0 Å². The Balaban J connectivity index is 2.64. The van der Waals surface area contributed by atoms with E-state index in [0.717, 1.165) is 11.1 Å². The van der Waals surface area contributed by atoms with Gasteiger partial charge in [0, 0.05) is 18.0 Å². The molecule has 0 radical (unpaired) electrons. The Morgan fingerprint density at radius 3 is 1.75 bits per heavy atom. The first-order valence-corrected chi connectivity index (χ1v) is 7.62. The van der Waals surface area contributed by atoms with Crippen LogP contribution in [0.5, 0.6) is 0 Å². The van der Waals surface area contributed by atoms with Gasteiger partial charge in [-0.3, -0.25) is 0 Å². The maximum Gasteiger partial charge on any atom is 0.115 e. The molecule has 0 saturated carbocycles. The van der Waals surface area contributed by atoms with E-state index in [1.54, 1.807) is 24.5 Å². The number of rotatable bonds is 4. The van der Waals surface area contributed by atoms with Crippen molar-refractivity contribution in [1.29, 1.82) is 10.5 Å². The van der Waals surface area contributed by atoms with Gasteiger partial charge in [-0.1, -0.05) is 18.2 Å². The first kappa shape index (κ1) is 17.6. The lowest BCUT2D eigenvalue weighted by atomic mass is 9.78. The molecule has 1 atom stereocenters. The van der Waals surface area contributed by atoms with E-state index in [2.05, 4.69) is 22.1 Å². The van der Waals surface area contributed by atoms with Crippen LogP contribution in [-0.4, -0.2) is 15.1 Å². The van der Waals surface area contributed by atoms with Crippen molar-refractivity contribution >= 4 is 0 Å². The monoisotopic (exact) mass is 320 g/mol. The van der Waals surface area contributed by atoms with Crippen molar-refractivity contribution in [2.24, 2.45) is 0 Å². The number of hydrogen-bond acceptors (Lipinski definition) is 5. The van der Waals surface area contributed by atoms with Crippen molar-refractivity contribution in [2.75, 3.05) is 0 Å². The second kappa shape index (κ2) is 6.39. The van der Waals surface area contributed by atoms with E-state index in [4.69, 9.17) is 0 Å². The molecule has 0 spiro atoms. The fourth-order valence-electron chi connectivity index (χ4n) is 2.30. The van der Waals surface area contributed by atoms with Crippen molar-refractivity contribution in [3.05, 3.63) is 59.2 Å². The van der Waals surface area contributed by atoms with Gasteiger partial charge in [-0.15, -0.1) is 0 Å². The zero-order valence-electron chi connectivity index (χ0n) is 14.3. The Kier molecular flexibility index (Phi) is 4.68. The predicted molar refractivity (Wildman–Crippen MR) is 89.8 cm³/mol. The summed E-state index contributed by atoms with van der Waals surface area (Å²) in [5.41, 5.74) is 1.23. The zero-order chi connectivity index (χ0) is 18.0. The van der Waals surface area contributed by atoms with Crippen LogP contribution in [0.1, 0.15) is 56.1 Å². The third kappa shape index (κ3) is 3.42. The minimum Gasteiger partial charge on any atom is -0.384 e. The topological polar surface area (TPSA) is 93.6 Å². The molecule has 2 aromatic rings. The minimum absolute atomic E-state index is 0.560. The van der Waals surface area contributed by atoms with Gasteiger partial charge in [0.2, 0.25) is 0 Å². The molecule has 5 nitrogen and oxygen atoms in total. The zero-order valence-corrected chi connectivity index (χ0v) is 14.3. The Morgan fingerprint density at radius 2 is 1.33 bits per heavy atom. The number of hydrogen-bond donors (Lipinski definition) is 1. The second-order valence-electron chi connectivity index (χ2n) is 6.89. The van der Waals surface area contributed by atoms with E-state index in [9.17, 15) is 15.6 Å². The SMILES string of the molecule is CC(C)(C#N)c1cc(C(O)c2cncnc2)cc(C(C)(C)C#N)c1. The number of nitrogens with zero attached hydrogens (tertiary/aromatic N) is 4. The number of aromatic nitrogens is 2. The summed E-state index contributed by atoms with van der Waals surface area (Å²) in [5, 5.41) is 29.6. The lowest BCUT2D eigenvalue weighted by molar-refractivity contribution is 0.219. The molecule has 2 rings (SSSR count). The largest absolute Gasteiger partial charge is 0.384 e. The van der Waals surface area contributed by atoms with E-state index in [0.29, 0.717) is 11.1 Å². The van der Waals surface area contributed by atoms with E-state index in [1.807, 2.05) is 33.8 Å². The molecule has 0 aliphatic rings. The van der Waals surface area contributed by atoms with Crippen molar-refractivity contribution in [1.82, 2.24) is 9.97 Å². The molecule has 0 fully saturated rings. The van der Waals surface area contributed by atoms with E-state index in [1.165, 1.54) is 6.33 Å². The third-order valence-electron chi connectivity index (χ3n) is 4.17. The summed E-state index contributed by atoms with van der Waals surface area (Å²) in [5.74, 6) is 0. The van der Waals surface area contributed by atoms with Crippen LogP contribution in [0.4, 0.5) is 0 Å². The quantitative estimate of drug-likeness (QED) is 0.934. The summed E-state index contributed by atoms with van der Waals surface area (Å²) in [4.78, 5) is 7.86. The average Bonchev–Trinajstić information content (AvgIpc) is 2.61. The normalized spacial score (nSPS) is 13.0. The molecule has 0 amide bonds. The molecule has 0 saturated heterocycles. The van der Waals surface area contributed by atoms with Gasteiger partial charge < -0.3 is 5.11 Å². The van der Waals surface area contributed by atoms with Crippen LogP contribution >= 0.6 is 0 Å². The van der Waals surface area contributed by atoms with E-state index >= 15 is 0 Å². The lowest BCUT2D eigenvalue weighted by Crippen LogP contribution is -2.20. The molecule has 1 unspecified atom stereocenters. The van der Waals surface area contributed by atoms with Gasteiger partial charge in [-0.25, -0.2) is 9.97 Å². The van der Waals surface area contributed by atoms with Crippen molar-refractivity contribution in [3.8, 4) is 12.1 Å². The number of nitriles is 2. The maximum absolute atomic E-state index is 10.7. The molecule has 0 aliphatic heterocycles. The smallest absolute Gasteiger partial charge is 0.115 e. The molecule has 1 aromatic carbocycles. The van der Waals surface area contributed by atoms with Crippen molar-refractivity contribution < 1.29 is 5.11 Å². The van der Waals surface area contributed by atoms with Gasteiger partial charge in [0.25, 0.3) is 0 Å². The average molecular weight is 320 g/mol. The Labute approximate surface area is 142 Å². The number of aliphatic hydroxyl groups excluding tert-OH is 1. The Morgan fingerprint density at radius 1 is 0.875 bits per heavy atom. The van der Waals surface area contributed by atoms with Crippen molar-refractivity contribution in [3.63, 3.8) is 0 Å². The molecular weight excluding hydrogens is 300 g/mol. The first-order chi connectivity index (χ1) is 11.2. The fourth-order valence-corrected chi connectivity index (χ4v) is 2.30. The van der Waals surface area contributed by atoms with Crippen LogP contribution < -0.4 is 0 Å². The van der Waals surface area contributed by atoms with Crippen LogP contribution in [-0.2, 0) is 10.8 Å². The molecule has 1 aromatic heterocycles. The highest BCUT2D eigenvalue weighted by atomic mass is 16.3. The van der Waals surface area contributed by atoms with Crippen LogP contribution in [0.25, 0.3) is 0 Å². The van der Waals surface area contributed by atoms with Gasteiger partial charge in [0.1, 0.15) is 12.4 Å². The van der Waals surface area contributed by atoms with Gasteiger partial charge in [-0.05, 0) is 44.4 Å². The molecular formula is C19H20N4O. The standard InChI is InChI=1S/C19H20N4O/c1-18(2,10-20)15-5-13(6-16(7-15)19(3,4)11-21)17(24)14-8-22-12-23-9-14/h5-9,12,17,24H,1-4H3. The number of aliphatic hydroxyl groups is 1. The van der Waals surface area contributed by atoms with Crippen LogP contribution in [0.15, 0.2) is 36.9 Å². The van der Waals surface area contributed by atoms with Gasteiger partial charge in [-0.2, -0.15) is 10.5 Å². The molecule has 1 N–H and O–H groups in total. The van der Waals surface area contributed by atoms with Crippen LogP contribution in [0.2, 0.25) is 0 Å².